The fourth-order valence-corrected chi connectivity index (χ4v) is 4.30. The molecule has 33 heavy (non-hydrogen) atoms. The Kier molecular flexibility index (Phi) is 6.92. The van der Waals surface area contributed by atoms with E-state index >= 15 is 0 Å². The monoisotopic (exact) mass is 474 g/mol. The lowest BCUT2D eigenvalue weighted by Gasteiger charge is -2.31. The second kappa shape index (κ2) is 10.0. The molecule has 12 heteroatoms. The summed E-state index contributed by atoms with van der Waals surface area (Å²) in [7, 11) is 0. The Hall–Kier alpha value is -3.41. The van der Waals surface area contributed by atoms with Crippen LogP contribution in [0.15, 0.2) is 46.2 Å². The molecule has 10 nitrogen and oxygen atoms in total. The van der Waals surface area contributed by atoms with Crippen LogP contribution < -0.4 is 10.2 Å². The summed E-state index contributed by atoms with van der Waals surface area (Å²) in [4.78, 5) is 24.9. The number of hydrogen-bond donors (Lipinski definition) is 1. The van der Waals surface area contributed by atoms with Crippen LogP contribution in [-0.2, 0) is 11.3 Å². The van der Waals surface area contributed by atoms with E-state index in [1.807, 2.05) is 10.6 Å². The minimum atomic E-state index is -0.749. The number of furan rings is 1. The number of rotatable bonds is 8. The van der Waals surface area contributed by atoms with Crippen LogP contribution in [0.1, 0.15) is 25.5 Å². The fraction of sp³-hybridized carbons (Fsp3) is 0.381. The number of halogens is 1. The topological polar surface area (TPSA) is 119 Å². The van der Waals surface area contributed by atoms with Gasteiger partial charge >= 0.3 is 0 Å². The van der Waals surface area contributed by atoms with Crippen LogP contribution in [-0.4, -0.2) is 44.4 Å². The normalized spacial score (nSPS) is 14.4. The van der Waals surface area contributed by atoms with Gasteiger partial charge < -0.3 is 14.6 Å². The third-order valence-corrected chi connectivity index (χ3v) is 6.39. The van der Waals surface area contributed by atoms with E-state index in [4.69, 9.17) is 4.42 Å². The van der Waals surface area contributed by atoms with Crippen LogP contribution in [0, 0.1) is 21.8 Å². The SMILES string of the molecule is CC1CCN(c2nnc(SCC(=O)Nc3cc([N+](=O)[O-])ccc3F)n2Cc2ccco2)CC1. The maximum absolute atomic E-state index is 14.0. The minimum Gasteiger partial charge on any atom is -0.467 e. The molecular weight excluding hydrogens is 451 g/mol. The number of piperidine rings is 1. The average molecular weight is 475 g/mol. The van der Waals surface area contributed by atoms with E-state index in [0.29, 0.717) is 23.6 Å². The summed E-state index contributed by atoms with van der Waals surface area (Å²) in [5, 5.41) is 22.5. The third-order valence-electron chi connectivity index (χ3n) is 5.43. The van der Waals surface area contributed by atoms with Crippen molar-refractivity contribution in [2.75, 3.05) is 29.1 Å². The number of nitro benzene ring substituents is 1. The number of nitrogens with one attached hydrogen (secondary N) is 1. The maximum Gasteiger partial charge on any atom is 0.271 e. The number of carbonyl (C=O) groups is 1. The molecule has 3 aromatic rings. The molecule has 1 fully saturated rings. The van der Waals surface area contributed by atoms with Gasteiger partial charge in [0.1, 0.15) is 11.6 Å². The predicted molar refractivity (Wildman–Crippen MR) is 121 cm³/mol. The van der Waals surface area contributed by atoms with Crippen LogP contribution >= 0.6 is 11.8 Å². The van der Waals surface area contributed by atoms with Gasteiger partial charge in [0.15, 0.2) is 5.16 Å². The molecule has 1 amide bonds. The molecule has 0 saturated carbocycles. The molecule has 1 aliphatic heterocycles. The number of aromatic nitrogens is 3. The van der Waals surface area contributed by atoms with Crippen molar-refractivity contribution in [2.24, 2.45) is 5.92 Å². The van der Waals surface area contributed by atoms with Crippen LogP contribution in [0.25, 0.3) is 0 Å². The van der Waals surface area contributed by atoms with Gasteiger partial charge in [-0.3, -0.25) is 19.5 Å². The smallest absolute Gasteiger partial charge is 0.271 e. The van der Waals surface area contributed by atoms with Crippen LogP contribution in [0.5, 0.6) is 0 Å². The summed E-state index contributed by atoms with van der Waals surface area (Å²) in [6.45, 7) is 4.38. The van der Waals surface area contributed by atoms with Gasteiger partial charge in [-0.15, -0.1) is 10.2 Å². The molecule has 3 heterocycles. The van der Waals surface area contributed by atoms with Gasteiger partial charge in [-0.2, -0.15) is 0 Å². The highest BCUT2D eigenvalue weighted by molar-refractivity contribution is 7.99. The molecule has 0 spiro atoms. The summed E-state index contributed by atoms with van der Waals surface area (Å²) in [5.41, 5.74) is -0.548. The molecular formula is C21H23FN6O4S. The van der Waals surface area contributed by atoms with Crippen molar-refractivity contribution in [3.8, 4) is 0 Å². The van der Waals surface area contributed by atoms with Crippen molar-refractivity contribution in [1.82, 2.24) is 14.8 Å². The number of nitrogens with zero attached hydrogens (tertiary/aromatic N) is 5. The zero-order chi connectivity index (χ0) is 23.4. The van der Waals surface area contributed by atoms with Crippen LogP contribution in [0.4, 0.5) is 21.7 Å². The summed E-state index contributed by atoms with van der Waals surface area (Å²) >= 11 is 1.15. The molecule has 2 aromatic heterocycles. The highest BCUT2D eigenvalue weighted by Gasteiger charge is 2.24. The average Bonchev–Trinajstić information content (AvgIpc) is 3.45. The van der Waals surface area contributed by atoms with Gasteiger partial charge in [0, 0.05) is 25.2 Å². The molecule has 0 aliphatic carbocycles. The number of nitro groups is 1. The molecule has 0 radical (unpaired) electrons. The molecule has 174 valence electrons. The lowest BCUT2D eigenvalue weighted by atomic mass is 10.00. The minimum absolute atomic E-state index is 0.0740. The second-order valence-electron chi connectivity index (χ2n) is 7.88. The predicted octanol–water partition coefficient (Wildman–Crippen LogP) is 3.93. The van der Waals surface area contributed by atoms with Gasteiger partial charge in [-0.05, 0) is 37.0 Å². The number of carbonyl (C=O) groups excluding carboxylic acids is 1. The number of hydrogen-bond acceptors (Lipinski definition) is 8. The van der Waals surface area contributed by atoms with Gasteiger partial charge in [-0.25, -0.2) is 4.39 Å². The van der Waals surface area contributed by atoms with Crippen molar-refractivity contribution in [1.29, 1.82) is 0 Å². The molecule has 1 N–H and O–H groups in total. The second-order valence-corrected chi connectivity index (χ2v) is 8.82. The Balaban J connectivity index is 1.47. The standard InChI is InChI=1S/C21H23FN6O4S/c1-14-6-8-26(9-7-14)20-24-25-21(27(20)12-16-3-2-10-32-16)33-13-19(29)23-18-11-15(28(30)31)4-5-17(18)22/h2-5,10-11,14H,6-9,12-13H2,1H3,(H,23,29). The van der Waals surface area contributed by atoms with E-state index in [2.05, 4.69) is 27.3 Å². The van der Waals surface area contributed by atoms with E-state index < -0.39 is 16.6 Å². The van der Waals surface area contributed by atoms with Crippen molar-refractivity contribution in [3.05, 3.63) is 58.3 Å². The summed E-state index contributed by atoms with van der Waals surface area (Å²) in [6, 6.07) is 6.64. The zero-order valence-electron chi connectivity index (χ0n) is 17.9. The first-order valence-electron chi connectivity index (χ1n) is 10.5. The van der Waals surface area contributed by atoms with Crippen LogP contribution in [0.2, 0.25) is 0 Å². The van der Waals surface area contributed by atoms with Crippen molar-refractivity contribution >= 4 is 35.0 Å². The van der Waals surface area contributed by atoms with E-state index in [1.165, 1.54) is 0 Å². The first-order valence-corrected chi connectivity index (χ1v) is 11.5. The molecule has 1 aliphatic rings. The van der Waals surface area contributed by atoms with Gasteiger partial charge in [0.2, 0.25) is 11.9 Å². The largest absolute Gasteiger partial charge is 0.467 e. The Labute approximate surface area is 193 Å². The van der Waals surface area contributed by atoms with Crippen molar-refractivity contribution in [2.45, 2.75) is 31.5 Å². The number of amides is 1. The van der Waals surface area contributed by atoms with Gasteiger partial charge in [0.25, 0.3) is 5.69 Å². The number of anilines is 2. The van der Waals surface area contributed by atoms with E-state index in [0.717, 1.165) is 61.7 Å². The molecule has 0 bridgehead atoms. The quantitative estimate of drug-likeness (QED) is 0.296. The lowest BCUT2D eigenvalue weighted by Crippen LogP contribution is -2.35. The Morgan fingerprint density at radius 2 is 2.12 bits per heavy atom. The van der Waals surface area contributed by atoms with Crippen LogP contribution in [0.3, 0.4) is 0 Å². The highest BCUT2D eigenvalue weighted by Crippen LogP contribution is 2.28. The maximum atomic E-state index is 14.0. The molecule has 1 saturated heterocycles. The Morgan fingerprint density at radius 1 is 1.33 bits per heavy atom. The lowest BCUT2D eigenvalue weighted by molar-refractivity contribution is -0.384. The summed E-state index contributed by atoms with van der Waals surface area (Å²) in [6.07, 6.45) is 3.72. The molecule has 0 unspecified atom stereocenters. The number of thioether (sulfide) groups is 1. The molecule has 0 atom stereocenters. The third kappa shape index (κ3) is 5.51. The van der Waals surface area contributed by atoms with Crippen molar-refractivity contribution < 1.29 is 18.5 Å². The van der Waals surface area contributed by atoms with Crippen molar-refractivity contribution in [3.63, 3.8) is 0 Å². The molecule has 1 aromatic carbocycles. The Bertz CT molecular complexity index is 1130. The van der Waals surface area contributed by atoms with E-state index in [-0.39, 0.29) is 17.1 Å². The molecule has 4 rings (SSSR count). The zero-order valence-corrected chi connectivity index (χ0v) is 18.8. The van der Waals surface area contributed by atoms with E-state index in [1.54, 1.807) is 12.3 Å². The highest BCUT2D eigenvalue weighted by atomic mass is 32.2. The fourth-order valence-electron chi connectivity index (χ4n) is 3.57. The summed E-state index contributed by atoms with van der Waals surface area (Å²) in [5.74, 6) is 0.767. The van der Waals surface area contributed by atoms with E-state index in [9.17, 15) is 19.3 Å². The number of benzene rings is 1. The first-order chi connectivity index (χ1) is 15.9. The van der Waals surface area contributed by atoms with Gasteiger partial charge in [0.05, 0.1) is 29.2 Å². The summed E-state index contributed by atoms with van der Waals surface area (Å²) < 4.78 is 21.4. The van der Waals surface area contributed by atoms with Gasteiger partial charge in [-0.1, -0.05) is 18.7 Å². The number of non-ortho nitro benzene ring substituents is 1. The first kappa shape index (κ1) is 22.8. The Morgan fingerprint density at radius 3 is 2.82 bits per heavy atom.